The van der Waals surface area contributed by atoms with Crippen LogP contribution in [-0.2, 0) is 0 Å². The van der Waals surface area contributed by atoms with E-state index in [1.807, 2.05) is 18.2 Å². The quantitative estimate of drug-likeness (QED) is 0.527. The van der Waals surface area contributed by atoms with Crippen LogP contribution in [0.4, 0.5) is 0 Å². The van der Waals surface area contributed by atoms with Crippen molar-refractivity contribution in [3.05, 3.63) is 58.3 Å². The Morgan fingerprint density at radius 1 is 1.33 bits per heavy atom. The predicted molar refractivity (Wildman–Crippen MR) is 93.6 cm³/mol. The lowest BCUT2D eigenvalue weighted by molar-refractivity contribution is 0.0929. The summed E-state index contributed by atoms with van der Waals surface area (Å²) in [5.74, 6) is 0.0282. The topological polar surface area (TPSA) is 84.1 Å². The van der Waals surface area contributed by atoms with Crippen molar-refractivity contribution in [3.63, 3.8) is 0 Å². The molecule has 24 heavy (non-hydrogen) atoms. The van der Waals surface area contributed by atoms with E-state index >= 15 is 0 Å². The number of phenolic OH excluding ortho intramolecular Hbond substituents is 1. The Hall–Kier alpha value is -2.80. The van der Waals surface area contributed by atoms with Crippen molar-refractivity contribution in [2.75, 3.05) is 7.11 Å². The van der Waals surface area contributed by atoms with E-state index in [1.54, 1.807) is 24.3 Å². The summed E-state index contributed by atoms with van der Waals surface area (Å²) < 4.78 is 11.0. The molecule has 0 radical (unpaired) electrons. The second-order valence-electron chi connectivity index (χ2n) is 4.90. The number of nitrogens with zero attached hydrogens (tertiary/aromatic N) is 1. The molecule has 6 nitrogen and oxygen atoms in total. The average molecular weight is 389 g/mol. The van der Waals surface area contributed by atoms with Gasteiger partial charge in [0.25, 0.3) is 0 Å². The van der Waals surface area contributed by atoms with E-state index in [4.69, 9.17) is 9.15 Å². The lowest BCUT2D eigenvalue weighted by Gasteiger charge is -2.06. The van der Waals surface area contributed by atoms with Crippen LogP contribution in [0.5, 0.6) is 11.5 Å². The van der Waals surface area contributed by atoms with E-state index in [1.165, 1.54) is 13.3 Å². The van der Waals surface area contributed by atoms with Crippen LogP contribution in [0, 0.1) is 0 Å². The zero-order valence-corrected chi connectivity index (χ0v) is 14.2. The number of furan rings is 1. The summed E-state index contributed by atoms with van der Waals surface area (Å²) in [4.78, 5) is 12.1. The molecule has 0 bridgehead atoms. The molecule has 0 fully saturated rings. The van der Waals surface area contributed by atoms with Crippen molar-refractivity contribution in [1.82, 2.24) is 5.43 Å². The minimum Gasteiger partial charge on any atom is -0.503 e. The summed E-state index contributed by atoms with van der Waals surface area (Å²) in [6.45, 7) is 0. The third-order valence-corrected chi connectivity index (χ3v) is 3.90. The summed E-state index contributed by atoms with van der Waals surface area (Å²) in [6, 6.07) is 12.2. The number of nitrogens with one attached hydrogen (secondary N) is 1. The fraction of sp³-hybridized carbons (Fsp3) is 0.0588. The van der Waals surface area contributed by atoms with Crippen molar-refractivity contribution >= 4 is 39.0 Å². The number of halogens is 1. The van der Waals surface area contributed by atoms with Crippen LogP contribution in [0.15, 0.2) is 56.5 Å². The number of aromatic hydroxyl groups is 1. The Morgan fingerprint density at radius 3 is 2.88 bits per heavy atom. The molecule has 1 aromatic heterocycles. The van der Waals surface area contributed by atoms with Crippen LogP contribution >= 0.6 is 15.9 Å². The highest BCUT2D eigenvalue weighted by molar-refractivity contribution is 9.10. The van der Waals surface area contributed by atoms with E-state index < -0.39 is 5.91 Å². The molecular weight excluding hydrogens is 376 g/mol. The van der Waals surface area contributed by atoms with Gasteiger partial charge < -0.3 is 14.3 Å². The highest BCUT2D eigenvalue weighted by Crippen LogP contribution is 2.34. The van der Waals surface area contributed by atoms with Crippen LogP contribution in [0.25, 0.3) is 11.0 Å². The van der Waals surface area contributed by atoms with Gasteiger partial charge in [0.1, 0.15) is 5.58 Å². The average Bonchev–Trinajstić information content (AvgIpc) is 3.02. The van der Waals surface area contributed by atoms with E-state index in [-0.39, 0.29) is 11.5 Å². The summed E-state index contributed by atoms with van der Waals surface area (Å²) in [6.07, 6.45) is 1.44. The molecule has 1 amide bonds. The van der Waals surface area contributed by atoms with Gasteiger partial charge in [-0.15, -0.1) is 0 Å². The maximum atomic E-state index is 12.1. The predicted octanol–water partition coefficient (Wildman–Crippen LogP) is 3.67. The molecule has 122 valence electrons. The largest absolute Gasteiger partial charge is 0.503 e. The first-order valence-electron chi connectivity index (χ1n) is 6.97. The van der Waals surface area contributed by atoms with Gasteiger partial charge in [0.15, 0.2) is 17.3 Å². The van der Waals surface area contributed by atoms with E-state index in [2.05, 4.69) is 26.5 Å². The Labute approximate surface area is 145 Å². The maximum absolute atomic E-state index is 12.1. The molecule has 0 aliphatic heterocycles. The number of rotatable bonds is 4. The summed E-state index contributed by atoms with van der Waals surface area (Å²) in [5, 5.41) is 14.5. The molecule has 2 N–H and O–H groups in total. The molecule has 2 aromatic carbocycles. The number of amides is 1. The number of phenols is 1. The van der Waals surface area contributed by atoms with Crippen LogP contribution in [0.1, 0.15) is 16.1 Å². The molecule has 1 heterocycles. The molecule has 0 saturated heterocycles. The molecule has 0 saturated carbocycles. The molecule has 0 aliphatic rings. The molecule has 0 atom stereocenters. The first-order valence-corrected chi connectivity index (χ1v) is 7.76. The summed E-state index contributed by atoms with van der Waals surface area (Å²) in [5.41, 5.74) is 3.68. The van der Waals surface area contributed by atoms with Crippen molar-refractivity contribution < 1.29 is 19.1 Å². The van der Waals surface area contributed by atoms with E-state index in [0.717, 1.165) is 5.39 Å². The first kappa shape index (κ1) is 16.1. The van der Waals surface area contributed by atoms with Gasteiger partial charge in [-0.1, -0.05) is 18.2 Å². The Kier molecular flexibility index (Phi) is 4.52. The molecule has 3 aromatic rings. The molecule has 0 aliphatic carbocycles. The number of ether oxygens (including phenoxy) is 1. The number of hydrogen-bond acceptors (Lipinski definition) is 5. The number of hydrogen-bond donors (Lipinski definition) is 2. The van der Waals surface area contributed by atoms with Crippen LogP contribution in [0.2, 0.25) is 0 Å². The van der Waals surface area contributed by atoms with Gasteiger partial charge in [-0.3, -0.25) is 4.79 Å². The van der Waals surface area contributed by atoms with E-state index in [0.29, 0.717) is 21.4 Å². The van der Waals surface area contributed by atoms with Crippen LogP contribution in [-0.4, -0.2) is 24.3 Å². The second kappa shape index (κ2) is 6.76. The summed E-state index contributed by atoms with van der Waals surface area (Å²) >= 11 is 3.22. The molecule has 0 unspecified atom stereocenters. The van der Waals surface area contributed by atoms with E-state index in [9.17, 15) is 9.90 Å². The van der Waals surface area contributed by atoms with Gasteiger partial charge in [0.05, 0.1) is 17.8 Å². The smallest absolute Gasteiger partial charge is 0.307 e. The van der Waals surface area contributed by atoms with Crippen molar-refractivity contribution in [1.29, 1.82) is 0 Å². The minimum atomic E-state index is -0.452. The molecular formula is C17H13BrN2O4. The molecule has 0 spiro atoms. The molecule has 3 rings (SSSR count). The third kappa shape index (κ3) is 3.26. The lowest BCUT2D eigenvalue weighted by Crippen LogP contribution is -2.16. The number of benzene rings is 2. The number of para-hydroxylation sites is 1. The lowest BCUT2D eigenvalue weighted by atomic mass is 10.2. The van der Waals surface area contributed by atoms with Gasteiger partial charge in [-0.2, -0.15) is 5.10 Å². The number of carbonyl (C=O) groups excluding carboxylic acids is 1. The Balaban J connectivity index is 1.74. The fourth-order valence-electron chi connectivity index (χ4n) is 2.14. The number of carbonyl (C=O) groups is 1. The number of methoxy groups -OCH3 is 1. The number of hydrazone groups is 1. The zero-order chi connectivity index (χ0) is 17.1. The second-order valence-corrected chi connectivity index (χ2v) is 5.76. The minimum absolute atomic E-state index is 0.000890. The highest BCUT2D eigenvalue weighted by atomic mass is 79.9. The third-order valence-electron chi connectivity index (χ3n) is 3.30. The van der Waals surface area contributed by atoms with Crippen LogP contribution in [0.3, 0.4) is 0 Å². The van der Waals surface area contributed by atoms with Gasteiger partial charge in [-0.05, 0) is 45.8 Å². The van der Waals surface area contributed by atoms with Crippen molar-refractivity contribution in [2.24, 2.45) is 5.10 Å². The van der Waals surface area contributed by atoms with Gasteiger partial charge in [0, 0.05) is 5.39 Å². The monoisotopic (exact) mass is 388 g/mol. The molecule has 7 heteroatoms. The fourth-order valence-corrected chi connectivity index (χ4v) is 2.60. The van der Waals surface area contributed by atoms with Crippen molar-refractivity contribution in [2.45, 2.75) is 0 Å². The number of fused-ring (bicyclic) bond motifs is 1. The standard InChI is InChI=1S/C17H13BrN2O4/c1-23-14-7-10(6-12(18)16(14)21)9-19-20-17(22)15-8-11-4-2-3-5-13(11)24-15/h2-9,21H,1H3,(H,20,22)/b19-9+. The highest BCUT2D eigenvalue weighted by Gasteiger charge is 2.11. The first-order chi connectivity index (χ1) is 11.6. The maximum Gasteiger partial charge on any atom is 0.307 e. The van der Waals surface area contributed by atoms with Gasteiger partial charge >= 0.3 is 5.91 Å². The summed E-state index contributed by atoms with van der Waals surface area (Å²) in [7, 11) is 1.45. The van der Waals surface area contributed by atoms with Crippen LogP contribution < -0.4 is 10.2 Å². The Bertz CT molecular complexity index is 900. The van der Waals surface area contributed by atoms with Gasteiger partial charge in [-0.25, -0.2) is 5.43 Å². The Morgan fingerprint density at radius 2 is 2.12 bits per heavy atom. The normalized spacial score (nSPS) is 11.1. The zero-order valence-electron chi connectivity index (χ0n) is 12.6. The SMILES string of the molecule is COc1cc(/C=N/NC(=O)c2cc3ccccc3o2)cc(Br)c1O. The van der Waals surface area contributed by atoms with Crippen molar-refractivity contribution in [3.8, 4) is 11.5 Å². The van der Waals surface area contributed by atoms with Gasteiger partial charge in [0.2, 0.25) is 0 Å².